The standard InChI is InChI=1S/C18H17BrN4O4/c1-10-8-20-16-14(15(10)27-3)17(25)23(18(26)22(16)2)9-13(24)21-12-6-4-11(19)5-7-12/h4-8H,9H2,1-3H3,(H,21,24). The summed E-state index contributed by atoms with van der Waals surface area (Å²) in [6.45, 7) is 1.33. The third kappa shape index (κ3) is 3.50. The molecule has 9 heteroatoms. The second-order valence-corrected chi connectivity index (χ2v) is 6.88. The molecule has 0 spiro atoms. The van der Waals surface area contributed by atoms with Crippen molar-refractivity contribution in [3.63, 3.8) is 0 Å². The van der Waals surface area contributed by atoms with Crippen molar-refractivity contribution in [2.24, 2.45) is 7.05 Å². The van der Waals surface area contributed by atoms with Crippen molar-refractivity contribution in [1.29, 1.82) is 0 Å². The average molecular weight is 433 g/mol. The molecule has 0 atom stereocenters. The number of amides is 1. The Morgan fingerprint density at radius 2 is 1.93 bits per heavy atom. The molecule has 27 heavy (non-hydrogen) atoms. The van der Waals surface area contributed by atoms with Crippen molar-refractivity contribution in [2.45, 2.75) is 13.5 Å². The van der Waals surface area contributed by atoms with Crippen LogP contribution in [0, 0.1) is 6.92 Å². The highest BCUT2D eigenvalue weighted by Gasteiger charge is 2.19. The zero-order chi connectivity index (χ0) is 19.7. The van der Waals surface area contributed by atoms with Gasteiger partial charge in [0.05, 0.1) is 7.11 Å². The van der Waals surface area contributed by atoms with Crippen molar-refractivity contribution >= 4 is 38.6 Å². The Morgan fingerprint density at radius 3 is 2.56 bits per heavy atom. The van der Waals surface area contributed by atoms with Crippen molar-refractivity contribution in [3.8, 4) is 5.75 Å². The second kappa shape index (κ2) is 7.36. The Hall–Kier alpha value is -2.94. The number of fused-ring (bicyclic) bond motifs is 1. The fourth-order valence-corrected chi connectivity index (χ4v) is 3.06. The Morgan fingerprint density at radius 1 is 1.26 bits per heavy atom. The minimum atomic E-state index is -0.628. The zero-order valence-corrected chi connectivity index (χ0v) is 16.5. The molecule has 0 aliphatic heterocycles. The van der Waals surface area contributed by atoms with Gasteiger partial charge in [0.2, 0.25) is 5.91 Å². The first-order valence-electron chi connectivity index (χ1n) is 8.02. The highest BCUT2D eigenvalue weighted by molar-refractivity contribution is 9.10. The summed E-state index contributed by atoms with van der Waals surface area (Å²) in [7, 11) is 2.94. The van der Waals surface area contributed by atoms with E-state index in [9.17, 15) is 14.4 Å². The number of ether oxygens (including phenoxy) is 1. The molecule has 1 aromatic carbocycles. The number of carbonyl (C=O) groups excluding carboxylic acids is 1. The molecule has 2 aromatic heterocycles. The number of benzene rings is 1. The monoisotopic (exact) mass is 432 g/mol. The van der Waals surface area contributed by atoms with Gasteiger partial charge in [-0.25, -0.2) is 14.3 Å². The van der Waals surface area contributed by atoms with Gasteiger partial charge in [0.15, 0.2) is 5.65 Å². The van der Waals surface area contributed by atoms with Crippen molar-refractivity contribution < 1.29 is 9.53 Å². The molecule has 1 N–H and O–H groups in total. The molecule has 140 valence electrons. The zero-order valence-electron chi connectivity index (χ0n) is 14.9. The fourth-order valence-electron chi connectivity index (χ4n) is 2.80. The largest absolute Gasteiger partial charge is 0.495 e. The molecule has 0 saturated heterocycles. The lowest BCUT2D eigenvalue weighted by Crippen LogP contribution is -2.42. The molecule has 3 rings (SSSR count). The van der Waals surface area contributed by atoms with E-state index in [-0.39, 0.29) is 11.0 Å². The van der Waals surface area contributed by atoms with E-state index in [2.05, 4.69) is 26.2 Å². The predicted octanol–water partition coefficient (Wildman–Crippen LogP) is 1.81. The Labute approximate surface area is 162 Å². The maximum absolute atomic E-state index is 12.9. The molecular formula is C18H17BrN4O4. The average Bonchev–Trinajstić information content (AvgIpc) is 2.65. The third-order valence-corrected chi connectivity index (χ3v) is 4.65. The Balaban J connectivity index is 2.06. The van der Waals surface area contributed by atoms with Crippen molar-refractivity contribution in [2.75, 3.05) is 12.4 Å². The van der Waals surface area contributed by atoms with Crippen LogP contribution < -0.4 is 21.3 Å². The number of nitrogens with one attached hydrogen (secondary N) is 1. The van der Waals surface area contributed by atoms with Gasteiger partial charge in [-0.3, -0.25) is 14.2 Å². The number of nitrogens with zero attached hydrogens (tertiary/aromatic N) is 3. The molecule has 0 aliphatic carbocycles. The Kier molecular flexibility index (Phi) is 5.13. The first-order chi connectivity index (χ1) is 12.8. The quantitative estimate of drug-likeness (QED) is 0.678. The summed E-state index contributed by atoms with van der Waals surface area (Å²) >= 11 is 3.31. The molecular weight excluding hydrogens is 416 g/mol. The van der Waals surface area contributed by atoms with Crippen LogP contribution in [-0.4, -0.2) is 27.1 Å². The van der Waals surface area contributed by atoms with E-state index >= 15 is 0 Å². The van der Waals surface area contributed by atoms with Gasteiger partial charge in [-0.05, 0) is 31.2 Å². The maximum Gasteiger partial charge on any atom is 0.332 e. The van der Waals surface area contributed by atoms with Crippen molar-refractivity contribution in [3.05, 3.63) is 61.3 Å². The number of halogens is 1. The van der Waals surface area contributed by atoms with E-state index < -0.39 is 23.7 Å². The van der Waals surface area contributed by atoms with Gasteiger partial charge in [0.1, 0.15) is 17.7 Å². The van der Waals surface area contributed by atoms with Crippen molar-refractivity contribution in [1.82, 2.24) is 14.1 Å². The van der Waals surface area contributed by atoms with Crippen LogP contribution in [0.1, 0.15) is 5.56 Å². The highest BCUT2D eigenvalue weighted by Crippen LogP contribution is 2.23. The summed E-state index contributed by atoms with van der Waals surface area (Å²) < 4.78 is 8.30. The Bertz CT molecular complexity index is 1150. The fraction of sp³-hybridized carbons (Fsp3) is 0.222. The summed E-state index contributed by atoms with van der Waals surface area (Å²) in [4.78, 5) is 42.0. The van der Waals surface area contributed by atoms with E-state index in [1.807, 2.05) is 0 Å². The number of hydrogen-bond acceptors (Lipinski definition) is 5. The van der Waals surface area contributed by atoms with Crippen LogP contribution in [0.15, 0.2) is 44.5 Å². The molecule has 0 radical (unpaired) electrons. The number of aryl methyl sites for hydroxylation is 2. The van der Waals surface area contributed by atoms with Gasteiger partial charge in [-0.2, -0.15) is 0 Å². The number of aromatic nitrogens is 3. The topological polar surface area (TPSA) is 95.2 Å². The van der Waals surface area contributed by atoms with E-state index in [1.165, 1.54) is 24.9 Å². The van der Waals surface area contributed by atoms with Gasteiger partial charge in [-0.1, -0.05) is 15.9 Å². The van der Waals surface area contributed by atoms with Gasteiger partial charge < -0.3 is 10.1 Å². The molecule has 0 unspecified atom stereocenters. The minimum Gasteiger partial charge on any atom is -0.495 e. The smallest absolute Gasteiger partial charge is 0.332 e. The van der Waals surface area contributed by atoms with Crippen LogP contribution in [-0.2, 0) is 18.4 Å². The number of anilines is 1. The van der Waals surface area contributed by atoms with E-state index in [0.717, 1.165) is 9.04 Å². The van der Waals surface area contributed by atoms with Gasteiger partial charge in [0, 0.05) is 29.0 Å². The number of pyridine rings is 1. The SMILES string of the molecule is COc1c(C)cnc2c1c(=O)n(CC(=O)Nc1ccc(Br)cc1)c(=O)n2C. The number of rotatable bonds is 4. The molecule has 0 bridgehead atoms. The molecule has 3 aromatic rings. The molecule has 0 saturated carbocycles. The van der Waals surface area contributed by atoms with Crippen LogP contribution >= 0.6 is 15.9 Å². The minimum absolute atomic E-state index is 0.163. The van der Waals surface area contributed by atoms with Gasteiger partial charge in [0.25, 0.3) is 5.56 Å². The summed E-state index contributed by atoms with van der Waals surface area (Å²) in [6, 6.07) is 6.96. The first kappa shape index (κ1) is 18.8. The van der Waals surface area contributed by atoms with Crippen LogP contribution in [0.25, 0.3) is 11.0 Å². The first-order valence-corrected chi connectivity index (χ1v) is 8.81. The molecule has 2 heterocycles. The van der Waals surface area contributed by atoms with E-state index in [1.54, 1.807) is 31.2 Å². The number of carbonyl (C=O) groups is 1. The van der Waals surface area contributed by atoms with Crippen LogP contribution in [0.4, 0.5) is 5.69 Å². The lowest BCUT2D eigenvalue weighted by atomic mass is 10.2. The normalized spacial score (nSPS) is 10.8. The number of methoxy groups -OCH3 is 1. The lowest BCUT2D eigenvalue weighted by molar-refractivity contribution is -0.116. The van der Waals surface area contributed by atoms with E-state index in [0.29, 0.717) is 17.0 Å². The van der Waals surface area contributed by atoms with Crippen LogP contribution in [0.5, 0.6) is 5.75 Å². The molecule has 0 aliphatic rings. The number of hydrogen-bond donors (Lipinski definition) is 1. The molecule has 0 fully saturated rings. The third-order valence-electron chi connectivity index (χ3n) is 4.12. The maximum atomic E-state index is 12.9. The lowest BCUT2D eigenvalue weighted by Gasteiger charge is -2.13. The van der Waals surface area contributed by atoms with Gasteiger partial charge >= 0.3 is 5.69 Å². The summed E-state index contributed by atoms with van der Waals surface area (Å²) in [5.41, 5.74) is 0.177. The summed E-state index contributed by atoms with van der Waals surface area (Å²) in [5, 5.41) is 2.83. The van der Waals surface area contributed by atoms with Crippen LogP contribution in [0.3, 0.4) is 0 Å². The van der Waals surface area contributed by atoms with E-state index in [4.69, 9.17) is 4.74 Å². The molecule has 1 amide bonds. The van der Waals surface area contributed by atoms with Crippen LogP contribution in [0.2, 0.25) is 0 Å². The van der Waals surface area contributed by atoms with Gasteiger partial charge in [-0.15, -0.1) is 0 Å². The highest BCUT2D eigenvalue weighted by atomic mass is 79.9. The molecule has 8 nitrogen and oxygen atoms in total. The summed E-state index contributed by atoms with van der Waals surface area (Å²) in [5.74, 6) is -0.155. The second-order valence-electron chi connectivity index (χ2n) is 5.96. The summed E-state index contributed by atoms with van der Waals surface area (Å²) in [6.07, 6.45) is 1.53. The predicted molar refractivity (Wildman–Crippen MR) is 105 cm³/mol.